The first-order valence-electron chi connectivity index (χ1n) is 6.47. The molecule has 0 saturated carbocycles. The Morgan fingerprint density at radius 2 is 2.05 bits per heavy atom. The van der Waals surface area contributed by atoms with E-state index < -0.39 is 6.10 Å². The molecule has 0 radical (unpaired) electrons. The number of methoxy groups -OCH3 is 1. The van der Waals surface area contributed by atoms with Gasteiger partial charge in [0.15, 0.2) is 5.82 Å². The van der Waals surface area contributed by atoms with Gasteiger partial charge in [-0.15, -0.1) is 0 Å². The van der Waals surface area contributed by atoms with Crippen molar-refractivity contribution in [1.82, 2.24) is 15.0 Å². The molecule has 6 heteroatoms. The van der Waals surface area contributed by atoms with E-state index in [4.69, 9.17) is 9.26 Å². The second-order valence-corrected chi connectivity index (χ2v) is 5.93. The third kappa shape index (κ3) is 4.56. The molecule has 0 aromatic carbocycles. The van der Waals surface area contributed by atoms with Gasteiger partial charge in [0.05, 0.1) is 18.8 Å². The van der Waals surface area contributed by atoms with Crippen molar-refractivity contribution in [3.05, 3.63) is 11.7 Å². The lowest BCUT2D eigenvalue weighted by atomic mass is 9.96. The third-order valence-electron chi connectivity index (χ3n) is 2.99. The average molecular weight is 271 g/mol. The van der Waals surface area contributed by atoms with Gasteiger partial charge in [-0.05, 0) is 14.0 Å². The van der Waals surface area contributed by atoms with E-state index in [0.29, 0.717) is 24.9 Å². The van der Waals surface area contributed by atoms with Crippen molar-refractivity contribution in [2.24, 2.45) is 0 Å². The molecule has 0 spiro atoms. The Kier molecular flexibility index (Phi) is 5.46. The Morgan fingerprint density at radius 1 is 1.42 bits per heavy atom. The highest BCUT2D eigenvalue weighted by Gasteiger charge is 2.25. The molecule has 6 nitrogen and oxygen atoms in total. The van der Waals surface area contributed by atoms with Crippen LogP contribution in [0.25, 0.3) is 0 Å². The molecule has 1 heterocycles. The van der Waals surface area contributed by atoms with Crippen LogP contribution in [0.15, 0.2) is 4.52 Å². The zero-order chi connectivity index (χ0) is 14.6. The van der Waals surface area contributed by atoms with E-state index in [1.165, 1.54) is 0 Å². The Labute approximate surface area is 114 Å². The van der Waals surface area contributed by atoms with Gasteiger partial charge < -0.3 is 14.4 Å². The summed E-state index contributed by atoms with van der Waals surface area (Å²) in [6.45, 7) is 8.89. The van der Waals surface area contributed by atoms with Crippen molar-refractivity contribution in [1.29, 1.82) is 0 Å². The van der Waals surface area contributed by atoms with Gasteiger partial charge in [-0.3, -0.25) is 4.90 Å². The second-order valence-electron chi connectivity index (χ2n) is 5.93. The summed E-state index contributed by atoms with van der Waals surface area (Å²) in [6.07, 6.45) is -0.526. The monoisotopic (exact) mass is 271 g/mol. The maximum atomic E-state index is 9.72. The van der Waals surface area contributed by atoms with Crippen molar-refractivity contribution in [3.63, 3.8) is 0 Å². The first kappa shape index (κ1) is 16.1. The summed E-state index contributed by atoms with van der Waals surface area (Å²) < 4.78 is 10.2. The van der Waals surface area contributed by atoms with Gasteiger partial charge in [-0.1, -0.05) is 25.9 Å². The molecule has 0 saturated heterocycles. The van der Waals surface area contributed by atoms with Crippen molar-refractivity contribution >= 4 is 0 Å². The first-order chi connectivity index (χ1) is 8.75. The Hall–Kier alpha value is -0.980. The first-order valence-corrected chi connectivity index (χ1v) is 6.47. The molecule has 1 aromatic heterocycles. The summed E-state index contributed by atoms with van der Waals surface area (Å²) in [5.41, 5.74) is -0.129. The number of hydrogen-bond acceptors (Lipinski definition) is 6. The second kappa shape index (κ2) is 6.45. The molecule has 1 aromatic rings. The summed E-state index contributed by atoms with van der Waals surface area (Å²) in [5, 5.41) is 13.7. The van der Waals surface area contributed by atoms with Gasteiger partial charge in [0, 0.05) is 19.1 Å². The largest absolute Gasteiger partial charge is 0.389 e. The van der Waals surface area contributed by atoms with Crippen molar-refractivity contribution in [2.45, 2.75) is 45.3 Å². The molecular weight excluding hydrogens is 246 g/mol. The molecule has 19 heavy (non-hydrogen) atoms. The smallest absolute Gasteiger partial charge is 0.243 e. The van der Waals surface area contributed by atoms with Crippen LogP contribution in [-0.4, -0.2) is 53.6 Å². The molecule has 2 atom stereocenters. The third-order valence-corrected chi connectivity index (χ3v) is 2.99. The number of aromatic nitrogens is 2. The van der Waals surface area contributed by atoms with Gasteiger partial charge in [0.2, 0.25) is 5.89 Å². The van der Waals surface area contributed by atoms with Crippen LogP contribution in [0.3, 0.4) is 0 Å². The SMILES string of the molecule is COC[C@@H](O)CN(C)[C@@H](C)c1nc(C(C)(C)C)no1. The van der Waals surface area contributed by atoms with E-state index in [9.17, 15) is 5.11 Å². The summed E-state index contributed by atoms with van der Waals surface area (Å²) in [4.78, 5) is 6.39. The molecule has 1 N–H and O–H groups in total. The average Bonchev–Trinajstić information content (AvgIpc) is 2.76. The number of aliphatic hydroxyl groups excluding tert-OH is 1. The number of likely N-dealkylation sites (N-methyl/N-ethyl adjacent to an activating group) is 1. The number of aliphatic hydroxyl groups is 1. The van der Waals surface area contributed by atoms with E-state index in [1.54, 1.807) is 7.11 Å². The van der Waals surface area contributed by atoms with Crippen molar-refractivity contribution < 1.29 is 14.4 Å². The fraction of sp³-hybridized carbons (Fsp3) is 0.846. The predicted octanol–water partition coefficient (Wildman–Crippen LogP) is 1.37. The van der Waals surface area contributed by atoms with Crippen LogP contribution >= 0.6 is 0 Å². The van der Waals surface area contributed by atoms with Crippen LogP contribution in [0, 0.1) is 0 Å². The van der Waals surface area contributed by atoms with E-state index in [0.717, 1.165) is 0 Å². The van der Waals surface area contributed by atoms with Gasteiger partial charge in [0.25, 0.3) is 0 Å². The maximum Gasteiger partial charge on any atom is 0.243 e. The van der Waals surface area contributed by atoms with Crippen LogP contribution in [0.4, 0.5) is 0 Å². The molecule has 0 aliphatic heterocycles. The van der Waals surface area contributed by atoms with E-state index in [1.807, 2.05) is 39.6 Å². The number of nitrogens with zero attached hydrogens (tertiary/aromatic N) is 3. The van der Waals surface area contributed by atoms with Crippen molar-refractivity contribution in [3.8, 4) is 0 Å². The highest BCUT2D eigenvalue weighted by atomic mass is 16.5. The summed E-state index contributed by atoms with van der Waals surface area (Å²) in [7, 11) is 3.48. The van der Waals surface area contributed by atoms with Crippen molar-refractivity contribution in [2.75, 3.05) is 27.3 Å². The molecule has 0 fully saturated rings. The molecule has 0 bridgehead atoms. The zero-order valence-corrected chi connectivity index (χ0v) is 12.7. The summed E-state index contributed by atoms with van der Waals surface area (Å²) in [6, 6.07) is -0.0462. The van der Waals surface area contributed by atoms with Gasteiger partial charge in [0.1, 0.15) is 0 Å². The lowest BCUT2D eigenvalue weighted by Crippen LogP contribution is -2.33. The fourth-order valence-corrected chi connectivity index (χ4v) is 1.63. The van der Waals surface area contributed by atoms with Crippen LogP contribution in [-0.2, 0) is 10.2 Å². The molecule has 0 aliphatic carbocycles. The fourth-order valence-electron chi connectivity index (χ4n) is 1.63. The molecule has 110 valence electrons. The van der Waals surface area contributed by atoms with Crippen LogP contribution < -0.4 is 0 Å². The molecule has 0 aliphatic rings. The highest BCUT2D eigenvalue weighted by Crippen LogP contribution is 2.23. The van der Waals surface area contributed by atoms with Crippen LogP contribution in [0.2, 0.25) is 0 Å². The molecule has 0 amide bonds. The highest BCUT2D eigenvalue weighted by molar-refractivity contribution is 5.01. The summed E-state index contributed by atoms with van der Waals surface area (Å²) >= 11 is 0. The van der Waals surface area contributed by atoms with Gasteiger partial charge in [-0.2, -0.15) is 4.98 Å². The van der Waals surface area contributed by atoms with E-state index in [2.05, 4.69) is 10.1 Å². The lowest BCUT2D eigenvalue weighted by Gasteiger charge is -2.24. The van der Waals surface area contributed by atoms with Gasteiger partial charge in [-0.25, -0.2) is 0 Å². The normalized spacial score (nSPS) is 15.8. The minimum atomic E-state index is -0.526. The Morgan fingerprint density at radius 3 is 2.53 bits per heavy atom. The quantitative estimate of drug-likeness (QED) is 0.842. The maximum absolute atomic E-state index is 9.72. The topological polar surface area (TPSA) is 71.6 Å². The Bertz CT molecular complexity index is 387. The molecule has 1 rings (SSSR count). The molecular formula is C13H25N3O3. The minimum absolute atomic E-state index is 0.0462. The lowest BCUT2D eigenvalue weighted by molar-refractivity contribution is 0.0325. The zero-order valence-electron chi connectivity index (χ0n) is 12.7. The van der Waals surface area contributed by atoms with Gasteiger partial charge >= 0.3 is 0 Å². The minimum Gasteiger partial charge on any atom is -0.389 e. The predicted molar refractivity (Wildman–Crippen MR) is 71.9 cm³/mol. The van der Waals surface area contributed by atoms with E-state index >= 15 is 0 Å². The number of hydrogen-bond donors (Lipinski definition) is 1. The van der Waals surface area contributed by atoms with E-state index in [-0.39, 0.29) is 11.5 Å². The van der Waals surface area contributed by atoms with Crippen LogP contribution in [0.1, 0.15) is 45.5 Å². The Balaban J connectivity index is 2.66. The van der Waals surface area contributed by atoms with Crippen LogP contribution in [0.5, 0.6) is 0 Å². The molecule has 0 unspecified atom stereocenters. The standard InChI is InChI=1S/C13H25N3O3/c1-9(16(5)7-10(17)8-18-6)11-14-12(15-19-11)13(2,3)4/h9-10,17H,7-8H2,1-6H3/t9-,10-/m0/s1. The number of rotatable bonds is 6. The summed E-state index contributed by atoms with van der Waals surface area (Å²) in [5.74, 6) is 1.26. The number of ether oxygens (including phenoxy) is 1.